The molecule has 118 valence electrons. The van der Waals surface area contributed by atoms with Gasteiger partial charge in [0, 0.05) is 13.5 Å². The highest BCUT2D eigenvalue weighted by Crippen LogP contribution is 2.32. The minimum atomic E-state index is -4.57. The fraction of sp³-hybridized carbons (Fsp3) is 0.462. The van der Waals surface area contributed by atoms with Gasteiger partial charge < -0.3 is 20.6 Å². The maximum absolute atomic E-state index is 12.6. The van der Waals surface area contributed by atoms with Crippen LogP contribution < -0.4 is 5.32 Å². The minimum absolute atomic E-state index is 0.0247. The fourth-order valence-electron chi connectivity index (χ4n) is 1.77. The molecule has 8 heteroatoms. The van der Waals surface area contributed by atoms with Crippen molar-refractivity contribution in [3.8, 4) is 0 Å². The van der Waals surface area contributed by atoms with E-state index in [0.29, 0.717) is 6.07 Å². The monoisotopic (exact) mass is 307 g/mol. The highest BCUT2D eigenvalue weighted by molar-refractivity contribution is 5.72. The van der Waals surface area contributed by atoms with Gasteiger partial charge in [0.15, 0.2) is 0 Å². The first-order valence-corrected chi connectivity index (χ1v) is 6.08. The van der Waals surface area contributed by atoms with E-state index in [1.54, 1.807) is 0 Å². The Morgan fingerprint density at radius 1 is 1.33 bits per heavy atom. The molecule has 2 atom stereocenters. The maximum atomic E-state index is 12.6. The molecule has 0 spiro atoms. The summed E-state index contributed by atoms with van der Waals surface area (Å²) in [4.78, 5) is 10.7. The Hall–Kier alpha value is -1.64. The van der Waals surface area contributed by atoms with Crippen molar-refractivity contribution in [2.45, 2.75) is 31.9 Å². The van der Waals surface area contributed by atoms with Crippen molar-refractivity contribution in [2.24, 2.45) is 0 Å². The highest BCUT2D eigenvalue weighted by atomic mass is 19.4. The Morgan fingerprint density at radius 2 is 1.95 bits per heavy atom. The van der Waals surface area contributed by atoms with Gasteiger partial charge in [-0.05, 0) is 23.3 Å². The number of hydrogen-bond donors (Lipinski definition) is 4. The van der Waals surface area contributed by atoms with E-state index in [-0.39, 0.29) is 17.7 Å². The van der Waals surface area contributed by atoms with E-state index in [4.69, 9.17) is 5.11 Å². The van der Waals surface area contributed by atoms with Gasteiger partial charge in [0.2, 0.25) is 5.91 Å². The molecule has 4 N–H and O–H groups in total. The van der Waals surface area contributed by atoms with Gasteiger partial charge in [0.1, 0.15) is 12.2 Å². The van der Waals surface area contributed by atoms with E-state index >= 15 is 0 Å². The number of hydrogen-bond acceptors (Lipinski definition) is 4. The molecule has 21 heavy (non-hydrogen) atoms. The fourth-order valence-corrected chi connectivity index (χ4v) is 1.77. The van der Waals surface area contributed by atoms with Crippen molar-refractivity contribution in [3.05, 3.63) is 34.9 Å². The van der Waals surface area contributed by atoms with Crippen LogP contribution in [0.2, 0.25) is 0 Å². The number of amides is 1. The number of aliphatic hydroxyl groups is 3. The topological polar surface area (TPSA) is 89.8 Å². The van der Waals surface area contributed by atoms with Gasteiger partial charge >= 0.3 is 6.18 Å². The summed E-state index contributed by atoms with van der Waals surface area (Å²) in [6.45, 7) is 0.238. The zero-order valence-electron chi connectivity index (χ0n) is 11.2. The molecule has 1 aromatic rings. The van der Waals surface area contributed by atoms with E-state index in [1.165, 1.54) is 6.92 Å². The molecule has 0 saturated heterocycles. The minimum Gasteiger partial charge on any atom is -0.392 e. The summed E-state index contributed by atoms with van der Waals surface area (Å²) in [6, 6.07) is 2.46. The molecular weight excluding hydrogens is 291 g/mol. The molecule has 1 aromatic carbocycles. The number of halogens is 3. The average molecular weight is 307 g/mol. The predicted molar refractivity (Wildman–Crippen MR) is 67.0 cm³/mol. The summed E-state index contributed by atoms with van der Waals surface area (Å²) in [5.41, 5.74) is -1.12. The van der Waals surface area contributed by atoms with Crippen molar-refractivity contribution in [1.29, 1.82) is 0 Å². The normalized spacial score (nSPS) is 14.6. The van der Waals surface area contributed by atoms with Crippen molar-refractivity contribution < 1.29 is 33.3 Å². The number of rotatable bonds is 5. The zero-order chi connectivity index (χ0) is 16.2. The SMILES string of the molecule is CC(=O)NCC(O)C(O)c1ccc(C(F)(F)F)cc1CO. The number of alkyl halides is 3. The first-order chi connectivity index (χ1) is 9.66. The molecule has 0 aliphatic carbocycles. The summed E-state index contributed by atoms with van der Waals surface area (Å²) in [7, 11) is 0. The molecule has 0 saturated carbocycles. The van der Waals surface area contributed by atoms with Crippen LogP contribution in [0.4, 0.5) is 13.2 Å². The number of carbonyl (C=O) groups is 1. The standard InChI is InChI=1S/C13H16F3NO4/c1-7(19)17-5-11(20)12(21)10-3-2-9(13(14,15)16)4-8(10)6-18/h2-4,11-12,18,20-21H,5-6H2,1H3,(H,17,19). The van der Waals surface area contributed by atoms with Crippen LogP contribution in [0.15, 0.2) is 18.2 Å². The van der Waals surface area contributed by atoms with Crippen LogP contribution in [0.5, 0.6) is 0 Å². The Bertz CT molecular complexity index is 505. The summed E-state index contributed by atoms with van der Waals surface area (Å²) in [5.74, 6) is -0.420. The van der Waals surface area contributed by atoms with Gasteiger partial charge in [0.05, 0.1) is 12.2 Å². The molecule has 0 radical (unpaired) electrons. The molecule has 0 aliphatic heterocycles. The first-order valence-electron chi connectivity index (χ1n) is 6.08. The van der Waals surface area contributed by atoms with E-state index in [9.17, 15) is 28.2 Å². The van der Waals surface area contributed by atoms with E-state index in [0.717, 1.165) is 12.1 Å². The smallest absolute Gasteiger partial charge is 0.392 e. The number of aliphatic hydroxyl groups excluding tert-OH is 3. The zero-order valence-corrected chi connectivity index (χ0v) is 11.2. The quantitative estimate of drug-likeness (QED) is 0.645. The van der Waals surface area contributed by atoms with Crippen LogP contribution in [0.3, 0.4) is 0 Å². The molecule has 5 nitrogen and oxygen atoms in total. The lowest BCUT2D eigenvalue weighted by atomic mass is 9.96. The van der Waals surface area contributed by atoms with Crippen LogP contribution in [0.1, 0.15) is 29.7 Å². The summed E-state index contributed by atoms with van der Waals surface area (Å²) in [5, 5.41) is 31.0. The number of carbonyl (C=O) groups excluding carboxylic acids is 1. The molecule has 0 aliphatic rings. The molecule has 2 unspecified atom stereocenters. The van der Waals surface area contributed by atoms with Gasteiger partial charge in [-0.1, -0.05) is 6.07 Å². The van der Waals surface area contributed by atoms with Crippen LogP contribution >= 0.6 is 0 Å². The van der Waals surface area contributed by atoms with Gasteiger partial charge in [-0.15, -0.1) is 0 Å². The lowest BCUT2D eigenvalue weighted by molar-refractivity contribution is -0.137. The van der Waals surface area contributed by atoms with Crippen molar-refractivity contribution >= 4 is 5.91 Å². The van der Waals surface area contributed by atoms with Crippen LogP contribution in [-0.2, 0) is 17.6 Å². The molecule has 1 amide bonds. The largest absolute Gasteiger partial charge is 0.416 e. The Kier molecular flexibility index (Phi) is 5.70. The van der Waals surface area contributed by atoms with Crippen LogP contribution in [0, 0.1) is 0 Å². The first kappa shape index (κ1) is 17.4. The van der Waals surface area contributed by atoms with E-state index < -0.39 is 36.5 Å². The summed E-state index contributed by atoms with van der Waals surface area (Å²) < 4.78 is 37.7. The lowest BCUT2D eigenvalue weighted by Gasteiger charge is -2.21. The van der Waals surface area contributed by atoms with Crippen LogP contribution in [0.25, 0.3) is 0 Å². The van der Waals surface area contributed by atoms with E-state index in [2.05, 4.69) is 5.32 Å². The van der Waals surface area contributed by atoms with Gasteiger partial charge in [-0.25, -0.2) is 0 Å². The summed E-state index contributed by atoms with van der Waals surface area (Å²) in [6.07, 6.45) is -7.50. The predicted octanol–water partition coefficient (Wildman–Crippen LogP) is 0.728. The highest BCUT2D eigenvalue weighted by Gasteiger charge is 2.32. The molecule has 0 bridgehead atoms. The molecule has 1 rings (SSSR count). The third-order valence-electron chi connectivity index (χ3n) is 2.88. The second-order valence-corrected chi connectivity index (χ2v) is 4.52. The Morgan fingerprint density at radius 3 is 2.43 bits per heavy atom. The van der Waals surface area contributed by atoms with Crippen molar-refractivity contribution in [3.63, 3.8) is 0 Å². The van der Waals surface area contributed by atoms with Crippen molar-refractivity contribution in [1.82, 2.24) is 5.32 Å². The number of nitrogens with one attached hydrogen (secondary N) is 1. The lowest BCUT2D eigenvalue weighted by Crippen LogP contribution is -2.34. The third-order valence-corrected chi connectivity index (χ3v) is 2.88. The third kappa shape index (κ3) is 4.69. The molecule has 0 aromatic heterocycles. The van der Waals surface area contributed by atoms with Gasteiger partial charge in [0.25, 0.3) is 0 Å². The maximum Gasteiger partial charge on any atom is 0.416 e. The van der Waals surface area contributed by atoms with E-state index in [1.807, 2.05) is 0 Å². The molecule has 0 fully saturated rings. The average Bonchev–Trinajstić information content (AvgIpc) is 2.42. The Balaban J connectivity index is 2.98. The second-order valence-electron chi connectivity index (χ2n) is 4.52. The van der Waals surface area contributed by atoms with Gasteiger partial charge in [-0.3, -0.25) is 4.79 Å². The number of benzene rings is 1. The molecular formula is C13H16F3NO4. The Labute approximate surface area is 119 Å². The second kappa shape index (κ2) is 6.88. The van der Waals surface area contributed by atoms with Crippen LogP contribution in [-0.4, -0.2) is 33.9 Å². The molecule has 0 heterocycles. The summed E-state index contributed by atoms with van der Waals surface area (Å²) >= 11 is 0. The van der Waals surface area contributed by atoms with Gasteiger partial charge in [-0.2, -0.15) is 13.2 Å². The van der Waals surface area contributed by atoms with Crippen molar-refractivity contribution in [2.75, 3.05) is 6.54 Å².